The lowest BCUT2D eigenvalue weighted by Crippen LogP contribution is -2.12. The van der Waals surface area contributed by atoms with Gasteiger partial charge in [-0.05, 0) is 32.4 Å². The first-order valence-corrected chi connectivity index (χ1v) is 6.94. The minimum atomic E-state index is 0.0214. The highest BCUT2D eigenvalue weighted by Gasteiger charge is 2.19. The summed E-state index contributed by atoms with van der Waals surface area (Å²) in [6.07, 6.45) is 5.74. The number of hydrogen-bond donors (Lipinski definition) is 1. The second kappa shape index (κ2) is 5.15. The maximum Gasteiger partial charge on any atom is 0.141 e. The molecule has 0 bridgehead atoms. The summed E-state index contributed by atoms with van der Waals surface area (Å²) in [7, 11) is 0. The minimum Gasteiger partial charge on any atom is -0.324 e. The molecule has 1 fully saturated rings. The SMILES string of the molecule is Cc1nc(C2CCCCS2)ncc1[C@@H](C)N. The van der Waals surface area contributed by atoms with E-state index in [9.17, 15) is 0 Å². The molecular weight excluding hydrogens is 218 g/mol. The van der Waals surface area contributed by atoms with Crippen LogP contribution in [0, 0.1) is 6.92 Å². The standard InChI is InChI=1S/C12H19N3S/c1-8(13)10-7-14-12(15-9(10)2)11-5-3-4-6-16-11/h7-8,11H,3-6,13H2,1-2H3/t8-,11?/m1/s1. The number of aryl methyl sites for hydroxylation is 1. The quantitative estimate of drug-likeness (QED) is 0.859. The van der Waals surface area contributed by atoms with Gasteiger partial charge in [-0.1, -0.05) is 6.42 Å². The molecule has 3 nitrogen and oxygen atoms in total. The molecular formula is C12H19N3S. The minimum absolute atomic E-state index is 0.0214. The van der Waals surface area contributed by atoms with E-state index in [1.165, 1.54) is 25.0 Å². The van der Waals surface area contributed by atoms with Crippen LogP contribution in [0.2, 0.25) is 0 Å². The third kappa shape index (κ3) is 2.55. The second-order valence-electron chi connectivity index (χ2n) is 4.41. The predicted molar refractivity (Wildman–Crippen MR) is 68.4 cm³/mol. The topological polar surface area (TPSA) is 51.8 Å². The van der Waals surface area contributed by atoms with E-state index in [4.69, 9.17) is 5.73 Å². The summed E-state index contributed by atoms with van der Waals surface area (Å²) in [5.41, 5.74) is 7.95. The van der Waals surface area contributed by atoms with Crippen molar-refractivity contribution in [1.82, 2.24) is 9.97 Å². The molecule has 1 saturated heterocycles. The van der Waals surface area contributed by atoms with E-state index >= 15 is 0 Å². The lowest BCUT2D eigenvalue weighted by atomic mass is 10.1. The molecule has 2 rings (SSSR count). The van der Waals surface area contributed by atoms with E-state index in [0.717, 1.165) is 17.1 Å². The molecule has 1 aromatic rings. The number of nitrogens with two attached hydrogens (primary N) is 1. The summed E-state index contributed by atoms with van der Waals surface area (Å²) in [6, 6.07) is 0.0214. The summed E-state index contributed by atoms with van der Waals surface area (Å²) in [4.78, 5) is 9.08. The molecule has 1 aliphatic rings. The molecule has 0 spiro atoms. The van der Waals surface area contributed by atoms with Crippen molar-refractivity contribution < 1.29 is 0 Å². The molecule has 88 valence electrons. The van der Waals surface area contributed by atoms with Crippen molar-refractivity contribution >= 4 is 11.8 Å². The molecule has 0 aromatic carbocycles. The molecule has 0 saturated carbocycles. The Morgan fingerprint density at radius 1 is 1.50 bits per heavy atom. The van der Waals surface area contributed by atoms with E-state index in [1.807, 2.05) is 31.8 Å². The highest BCUT2D eigenvalue weighted by molar-refractivity contribution is 7.99. The number of thioether (sulfide) groups is 1. The largest absolute Gasteiger partial charge is 0.324 e. The van der Waals surface area contributed by atoms with Crippen molar-refractivity contribution in [2.75, 3.05) is 5.75 Å². The fourth-order valence-corrected chi connectivity index (χ4v) is 3.29. The summed E-state index contributed by atoms with van der Waals surface area (Å²) >= 11 is 1.98. The van der Waals surface area contributed by atoms with Crippen LogP contribution < -0.4 is 5.73 Å². The molecule has 1 unspecified atom stereocenters. The third-order valence-corrected chi connectivity index (χ3v) is 4.37. The van der Waals surface area contributed by atoms with Gasteiger partial charge in [0.2, 0.25) is 0 Å². The average molecular weight is 237 g/mol. The number of nitrogens with zero attached hydrogens (tertiary/aromatic N) is 2. The Morgan fingerprint density at radius 2 is 2.31 bits per heavy atom. The first kappa shape index (κ1) is 11.9. The van der Waals surface area contributed by atoms with Crippen LogP contribution in [0.1, 0.15) is 54.6 Å². The van der Waals surface area contributed by atoms with Gasteiger partial charge in [0.05, 0.1) is 5.25 Å². The fraction of sp³-hybridized carbons (Fsp3) is 0.667. The third-order valence-electron chi connectivity index (χ3n) is 2.99. The van der Waals surface area contributed by atoms with Gasteiger partial charge >= 0.3 is 0 Å². The van der Waals surface area contributed by atoms with Gasteiger partial charge in [0.25, 0.3) is 0 Å². The Bertz CT molecular complexity index is 359. The van der Waals surface area contributed by atoms with Gasteiger partial charge in [0.15, 0.2) is 0 Å². The fourth-order valence-electron chi connectivity index (χ4n) is 2.04. The van der Waals surface area contributed by atoms with Crippen LogP contribution in [-0.4, -0.2) is 15.7 Å². The van der Waals surface area contributed by atoms with Crippen molar-refractivity contribution in [3.8, 4) is 0 Å². The number of hydrogen-bond acceptors (Lipinski definition) is 4. The van der Waals surface area contributed by atoms with Gasteiger partial charge in [-0.3, -0.25) is 0 Å². The van der Waals surface area contributed by atoms with Crippen molar-refractivity contribution in [1.29, 1.82) is 0 Å². The van der Waals surface area contributed by atoms with Crippen LogP contribution in [0.4, 0.5) is 0 Å². The zero-order chi connectivity index (χ0) is 11.5. The second-order valence-corrected chi connectivity index (χ2v) is 5.72. The highest BCUT2D eigenvalue weighted by Crippen LogP contribution is 2.36. The molecule has 1 aromatic heterocycles. The molecule has 16 heavy (non-hydrogen) atoms. The zero-order valence-electron chi connectivity index (χ0n) is 9.94. The lowest BCUT2D eigenvalue weighted by Gasteiger charge is -2.20. The van der Waals surface area contributed by atoms with Crippen molar-refractivity contribution in [3.05, 3.63) is 23.3 Å². The summed E-state index contributed by atoms with van der Waals surface area (Å²) in [6.45, 7) is 4.00. The van der Waals surface area contributed by atoms with E-state index in [0.29, 0.717) is 5.25 Å². The summed E-state index contributed by atoms with van der Waals surface area (Å²) < 4.78 is 0. The predicted octanol–water partition coefficient (Wildman–Crippen LogP) is 2.76. The van der Waals surface area contributed by atoms with Gasteiger partial charge in [-0.15, -0.1) is 0 Å². The molecule has 2 atom stereocenters. The van der Waals surface area contributed by atoms with Gasteiger partial charge in [0.1, 0.15) is 5.82 Å². The monoisotopic (exact) mass is 237 g/mol. The molecule has 2 heterocycles. The van der Waals surface area contributed by atoms with E-state index in [2.05, 4.69) is 9.97 Å². The highest BCUT2D eigenvalue weighted by atomic mass is 32.2. The average Bonchev–Trinajstić information content (AvgIpc) is 2.29. The smallest absolute Gasteiger partial charge is 0.141 e. The maximum absolute atomic E-state index is 5.86. The van der Waals surface area contributed by atoms with Gasteiger partial charge in [-0.25, -0.2) is 9.97 Å². The Kier molecular flexibility index (Phi) is 3.82. The van der Waals surface area contributed by atoms with Crippen LogP contribution >= 0.6 is 11.8 Å². The van der Waals surface area contributed by atoms with Crippen LogP contribution in [0.3, 0.4) is 0 Å². The Balaban J connectivity index is 2.19. The van der Waals surface area contributed by atoms with Gasteiger partial charge < -0.3 is 5.73 Å². The molecule has 0 aliphatic carbocycles. The van der Waals surface area contributed by atoms with Crippen LogP contribution in [0.15, 0.2) is 6.20 Å². The molecule has 1 aliphatic heterocycles. The molecule has 0 radical (unpaired) electrons. The summed E-state index contributed by atoms with van der Waals surface area (Å²) in [5.74, 6) is 2.23. The Hall–Kier alpha value is -0.610. The van der Waals surface area contributed by atoms with Crippen LogP contribution in [-0.2, 0) is 0 Å². The van der Waals surface area contributed by atoms with Crippen LogP contribution in [0.5, 0.6) is 0 Å². The molecule has 4 heteroatoms. The van der Waals surface area contributed by atoms with Gasteiger partial charge in [0, 0.05) is 23.5 Å². The molecule has 2 N–H and O–H groups in total. The number of aromatic nitrogens is 2. The summed E-state index contributed by atoms with van der Waals surface area (Å²) in [5, 5.41) is 0.495. The van der Waals surface area contributed by atoms with Gasteiger partial charge in [-0.2, -0.15) is 11.8 Å². The van der Waals surface area contributed by atoms with Crippen molar-refractivity contribution in [3.63, 3.8) is 0 Å². The first-order valence-electron chi connectivity index (χ1n) is 5.89. The maximum atomic E-state index is 5.86. The van der Waals surface area contributed by atoms with E-state index in [-0.39, 0.29) is 6.04 Å². The van der Waals surface area contributed by atoms with Crippen molar-refractivity contribution in [2.45, 2.75) is 44.4 Å². The zero-order valence-corrected chi connectivity index (χ0v) is 10.8. The first-order chi connectivity index (χ1) is 7.68. The molecule has 0 amide bonds. The van der Waals surface area contributed by atoms with Crippen molar-refractivity contribution in [2.24, 2.45) is 5.73 Å². The van der Waals surface area contributed by atoms with E-state index in [1.54, 1.807) is 0 Å². The van der Waals surface area contributed by atoms with Crippen LogP contribution in [0.25, 0.3) is 0 Å². The van der Waals surface area contributed by atoms with E-state index < -0.39 is 0 Å². The normalized spacial score (nSPS) is 23.1. The Labute approximate surface area is 101 Å². The Morgan fingerprint density at radius 3 is 2.88 bits per heavy atom. The lowest BCUT2D eigenvalue weighted by molar-refractivity contribution is 0.655. The number of rotatable bonds is 2.